The van der Waals surface area contributed by atoms with Crippen LogP contribution in [-0.4, -0.2) is 77.3 Å². The van der Waals surface area contributed by atoms with Gasteiger partial charge in [0.1, 0.15) is 0 Å². The number of carbonyl (C=O) groups is 2. The van der Waals surface area contributed by atoms with Crippen LogP contribution in [0.25, 0.3) is 0 Å². The molecule has 8 heteroatoms. The monoisotopic (exact) mass is 334 g/mol. The van der Waals surface area contributed by atoms with E-state index in [1.807, 2.05) is 31.3 Å². The van der Waals surface area contributed by atoms with Crippen molar-refractivity contribution >= 4 is 11.9 Å². The van der Waals surface area contributed by atoms with E-state index in [9.17, 15) is 9.59 Å². The minimum atomic E-state index is -0.0507. The van der Waals surface area contributed by atoms with Gasteiger partial charge in [-0.2, -0.15) is 5.10 Å². The van der Waals surface area contributed by atoms with Gasteiger partial charge in [0.25, 0.3) is 0 Å². The molecular weight excluding hydrogens is 308 g/mol. The fourth-order valence-corrected chi connectivity index (χ4v) is 3.55. The fraction of sp³-hybridized carbons (Fsp3) is 0.688. The molecule has 0 spiro atoms. The van der Waals surface area contributed by atoms with Crippen LogP contribution in [-0.2, 0) is 11.8 Å². The number of rotatable bonds is 3. The highest BCUT2D eigenvalue weighted by atomic mass is 16.2. The van der Waals surface area contributed by atoms with Crippen molar-refractivity contribution in [2.45, 2.75) is 12.8 Å². The summed E-state index contributed by atoms with van der Waals surface area (Å²) in [7, 11) is 1.89. The van der Waals surface area contributed by atoms with Crippen molar-refractivity contribution in [3.8, 4) is 0 Å². The molecule has 0 bridgehead atoms. The van der Waals surface area contributed by atoms with Crippen LogP contribution in [0, 0.1) is 5.92 Å². The van der Waals surface area contributed by atoms with Crippen molar-refractivity contribution in [1.29, 1.82) is 0 Å². The van der Waals surface area contributed by atoms with E-state index >= 15 is 0 Å². The fourth-order valence-electron chi connectivity index (χ4n) is 3.55. The molecular formula is C16H26N6O2. The third-order valence-corrected chi connectivity index (χ3v) is 4.89. The lowest BCUT2D eigenvalue weighted by molar-refractivity contribution is -0.136. The van der Waals surface area contributed by atoms with E-state index in [2.05, 4.69) is 15.7 Å². The zero-order chi connectivity index (χ0) is 17.1. The molecule has 0 unspecified atom stereocenters. The molecule has 0 saturated carbocycles. The molecule has 3 amide bonds. The molecule has 0 radical (unpaired) electrons. The van der Waals surface area contributed by atoms with Crippen LogP contribution in [0.5, 0.6) is 0 Å². The van der Waals surface area contributed by atoms with E-state index < -0.39 is 0 Å². The molecule has 1 aromatic heterocycles. The van der Waals surface area contributed by atoms with Gasteiger partial charge < -0.3 is 20.4 Å². The van der Waals surface area contributed by atoms with Gasteiger partial charge in [0.15, 0.2) is 0 Å². The number of carbonyl (C=O) groups excluding carboxylic acids is 2. The predicted molar refractivity (Wildman–Crippen MR) is 89.5 cm³/mol. The van der Waals surface area contributed by atoms with Crippen molar-refractivity contribution < 1.29 is 9.59 Å². The van der Waals surface area contributed by atoms with Gasteiger partial charge >= 0.3 is 6.03 Å². The third-order valence-electron chi connectivity index (χ3n) is 4.89. The summed E-state index contributed by atoms with van der Waals surface area (Å²) in [6.45, 7) is 6.43. The predicted octanol–water partition coefficient (Wildman–Crippen LogP) is -0.403. The lowest BCUT2D eigenvalue weighted by atomic mass is 9.89. The van der Waals surface area contributed by atoms with Crippen LogP contribution in [0.15, 0.2) is 12.4 Å². The molecule has 132 valence electrons. The van der Waals surface area contributed by atoms with E-state index in [0.717, 1.165) is 12.1 Å². The molecule has 1 aromatic rings. The molecule has 24 heavy (non-hydrogen) atoms. The Hall–Kier alpha value is -2.09. The summed E-state index contributed by atoms with van der Waals surface area (Å²) in [5, 5.41) is 10.4. The Labute approximate surface area is 142 Å². The summed E-state index contributed by atoms with van der Waals surface area (Å²) >= 11 is 0. The Bertz CT molecular complexity index is 593. The van der Waals surface area contributed by atoms with Crippen molar-refractivity contribution in [3.63, 3.8) is 0 Å². The van der Waals surface area contributed by atoms with Crippen LogP contribution in [0.4, 0.5) is 4.79 Å². The summed E-state index contributed by atoms with van der Waals surface area (Å²) < 4.78 is 1.78. The topological polar surface area (TPSA) is 82.5 Å². The van der Waals surface area contributed by atoms with Crippen LogP contribution >= 0.6 is 0 Å². The molecule has 2 N–H and O–H groups in total. The summed E-state index contributed by atoms with van der Waals surface area (Å²) in [6, 6.07) is -0.0413. The standard InChI is InChI=1S/C16H26N6O2/c1-3-18-16(24)22-6-4-21(5-7-22)15(23)14-10-17-9-13(14)12-8-19-20(2)11-12/h8,11,13-14,17H,3-7,9-10H2,1-2H3,(H,18,24)/t13-,14+/m1/s1. The summed E-state index contributed by atoms with van der Waals surface area (Å²) in [5.41, 5.74) is 1.11. The van der Waals surface area contributed by atoms with Gasteiger partial charge in [-0.15, -0.1) is 0 Å². The highest BCUT2D eigenvalue weighted by Gasteiger charge is 2.38. The molecule has 2 atom stereocenters. The molecule has 0 aromatic carbocycles. The van der Waals surface area contributed by atoms with Crippen molar-refractivity contribution in [3.05, 3.63) is 18.0 Å². The first-order chi connectivity index (χ1) is 11.6. The van der Waals surface area contributed by atoms with Crippen LogP contribution in [0.2, 0.25) is 0 Å². The first-order valence-corrected chi connectivity index (χ1v) is 8.61. The van der Waals surface area contributed by atoms with Gasteiger partial charge in [-0.25, -0.2) is 4.79 Å². The molecule has 2 aliphatic rings. The second-order valence-electron chi connectivity index (χ2n) is 6.47. The Morgan fingerprint density at radius 1 is 1.25 bits per heavy atom. The number of aromatic nitrogens is 2. The minimum Gasteiger partial charge on any atom is -0.339 e. The molecule has 0 aliphatic carbocycles. The maximum Gasteiger partial charge on any atom is 0.317 e. The van der Waals surface area contributed by atoms with Gasteiger partial charge in [-0.1, -0.05) is 0 Å². The number of urea groups is 1. The highest BCUT2D eigenvalue weighted by molar-refractivity contribution is 5.81. The number of piperazine rings is 1. The minimum absolute atomic E-state index is 0.0413. The van der Waals surface area contributed by atoms with E-state index in [0.29, 0.717) is 39.3 Å². The van der Waals surface area contributed by atoms with E-state index in [-0.39, 0.29) is 23.8 Å². The quantitative estimate of drug-likeness (QED) is 0.788. The SMILES string of the molecule is CCNC(=O)N1CCN(C(=O)[C@H]2CNC[C@@H]2c2cnn(C)c2)CC1. The van der Waals surface area contributed by atoms with Crippen molar-refractivity contribution in [2.75, 3.05) is 45.8 Å². The largest absolute Gasteiger partial charge is 0.339 e. The lowest BCUT2D eigenvalue weighted by Crippen LogP contribution is -2.54. The first kappa shape index (κ1) is 16.8. The van der Waals surface area contributed by atoms with Crippen molar-refractivity contribution in [2.24, 2.45) is 13.0 Å². The number of hydrogen-bond acceptors (Lipinski definition) is 4. The van der Waals surface area contributed by atoms with Gasteiger partial charge in [0.05, 0.1) is 12.1 Å². The smallest absolute Gasteiger partial charge is 0.317 e. The zero-order valence-corrected chi connectivity index (χ0v) is 14.4. The van der Waals surface area contributed by atoms with E-state index in [1.54, 1.807) is 9.58 Å². The van der Waals surface area contributed by atoms with Gasteiger partial charge in [0, 0.05) is 65.0 Å². The van der Waals surface area contributed by atoms with E-state index in [4.69, 9.17) is 0 Å². The number of nitrogens with zero attached hydrogens (tertiary/aromatic N) is 4. The normalized spacial score (nSPS) is 24.2. The second kappa shape index (κ2) is 7.21. The third kappa shape index (κ3) is 3.38. The Morgan fingerprint density at radius 3 is 2.58 bits per heavy atom. The number of aryl methyl sites for hydroxylation is 1. The maximum absolute atomic E-state index is 12.9. The average molecular weight is 334 g/mol. The van der Waals surface area contributed by atoms with Crippen LogP contribution in [0.3, 0.4) is 0 Å². The molecule has 8 nitrogen and oxygen atoms in total. The van der Waals surface area contributed by atoms with Crippen LogP contribution in [0.1, 0.15) is 18.4 Å². The highest BCUT2D eigenvalue weighted by Crippen LogP contribution is 2.29. The Morgan fingerprint density at radius 2 is 1.96 bits per heavy atom. The summed E-state index contributed by atoms with van der Waals surface area (Å²) in [4.78, 5) is 28.5. The zero-order valence-electron chi connectivity index (χ0n) is 14.4. The number of hydrogen-bond donors (Lipinski definition) is 2. The average Bonchev–Trinajstić information content (AvgIpc) is 3.23. The van der Waals surface area contributed by atoms with E-state index in [1.165, 1.54) is 0 Å². The Kier molecular flexibility index (Phi) is 5.03. The Balaban J connectivity index is 1.59. The number of nitrogens with one attached hydrogen (secondary N) is 2. The van der Waals surface area contributed by atoms with Gasteiger partial charge in [-0.05, 0) is 12.5 Å². The van der Waals surface area contributed by atoms with Crippen LogP contribution < -0.4 is 10.6 Å². The summed E-state index contributed by atoms with van der Waals surface area (Å²) in [6.07, 6.45) is 3.84. The van der Waals surface area contributed by atoms with Gasteiger partial charge in [-0.3, -0.25) is 9.48 Å². The maximum atomic E-state index is 12.9. The molecule has 2 saturated heterocycles. The summed E-state index contributed by atoms with van der Waals surface area (Å²) in [5.74, 6) is 0.308. The lowest BCUT2D eigenvalue weighted by Gasteiger charge is -2.36. The molecule has 3 rings (SSSR count). The first-order valence-electron chi connectivity index (χ1n) is 8.61. The van der Waals surface area contributed by atoms with Crippen molar-refractivity contribution in [1.82, 2.24) is 30.2 Å². The molecule has 2 aliphatic heterocycles. The molecule has 2 fully saturated rings. The second-order valence-corrected chi connectivity index (χ2v) is 6.47. The van der Waals surface area contributed by atoms with Gasteiger partial charge in [0.2, 0.25) is 5.91 Å². The molecule has 3 heterocycles. The number of amides is 3.